The zero-order valence-electron chi connectivity index (χ0n) is 7.74. The molecule has 0 aromatic heterocycles. The van der Waals surface area contributed by atoms with Gasteiger partial charge in [-0.15, -0.1) is 0 Å². The number of halogens is 1. The third-order valence-electron chi connectivity index (χ3n) is 2.59. The Balaban J connectivity index is 2.22. The van der Waals surface area contributed by atoms with Gasteiger partial charge in [-0.2, -0.15) is 0 Å². The van der Waals surface area contributed by atoms with Crippen molar-refractivity contribution >= 4 is 5.91 Å². The molecule has 2 rings (SSSR count). The number of carbonyl (C=O) groups excluding carboxylic acids is 1. The van der Waals surface area contributed by atoms with Crippen LogP contribution in [0.2, 0.25) is 0 Å². The van der Waals surface area contributed by atoms with E-state index in [4.69, 9.17) is 0 Å². The van der Waals surface area contributed by atoms with Gasteiger partial charge in [0.15, 0.2) is 6.17 Å². The Hall–Kier alpha value is -1.38. The summed E-state index contributed by atoms with van der Waals surface area (Å²) in [7, 11) is 0. The molecule has 1 aliphatic rings. The number of nitrogens with one attached hydrogen (secondary N) is 1. The second kappa shape index (κ2) is 3.78. The van der Waals surface area contributed by atoms with Crippen LogP contribution in [-0.4, -0.2) is 18.6 Å². The Morgan fingerprint density at radius 1 is 1.29 bits per heavy atom. The molecular formula is C11H12FNO. The van der Waals surface area contributed by atoms with Crippen LogP contribution in [0.1, 0.15) is 17.9 Å². The summed E-state index contributed by atoms with van der Waals surface area (Å²) in [6.07, 6.45) is -0.720. The zero-order chi connectivity index (χ0) is 9.97. The normalized spacial score (nSPS) is 27.1. The molecule has 1 saturated heterocycles. The van der Waals surface area contributed by atoms with Crippen LogP contribution in [0.4, 0.5) is 4.39 Å². The van der Waals surface area contributed by atoms with E-state index in [2.05, 4.69) is 5.32 Å². The van der Waals surface area contributed by atoms with Crippen LogP contribution in [0.3, 0.4) is 0 Å². The first-order valence-corrected chi connectivity index (χ1v) is 4.76. The summed E-state index contributed by atoms with van der Waals surface area (Å²) in [5.41, 5.74) is 0.912. The van der Waals surface area contributed by atoms with Gasteiger partial charge in [0.05, 0.1) is 0 Å². The second-order valence-electron chi connectivity index (χ2n) is 3.50. The number of piperidine rings is 1. The van der Waals surface area contributed by atoms with E-state index in [1.807, 2.05) is 30.3 Å². The molecular weight excluding hydrogens is 181 g/mol. The Bertz CT molecular complexity index is 325. The Labute approximate surface area is 82.1 Å². The highest BCUT2D eigenvalue weighted by Crippen LogP contribution is 2.27. The maximum atomic E-state index is 13.5. The molecule has 14 heavy (non-hydrogen) atoms. The minimum Gasteiger partial charge on any atom is -0.354 e. The minimum absolute atomic E-state index is 0.273. The van der Waals surface area contributed by atoms with Gasteiger partial charge in [0.2, 0.25) is 0 Å². The van der Waals surface area contributed by atoms with E-state index in [-0.39, 0.29) is 5.92 Å². The number of rotatable bonds is 1. The zero-order valence-corrected chi connectivity index (χ0v) is 7.74. The summed E-state index contributed by atoms with van der Waals surface area (Å²) in [6, 6.07) is 9.37. The van der Waals surface area contributed by atoms with Gasteiger partial charge < -0.3 is 5.32 Å². The van der Waals surface area contributed by atoms with E-state index in [9.17, 15) is 9.18 Å². The smallest absolute Gasteiger partial charge is 0.255 e. The highest BCUT2D eigenvalue weighted by atomic mass is 19.1. The van der Waals surface area contributed by atoms with E-state index in [1.54, 1.807) is 0 Å². The molecule has 0 bridgehead atoms. The van der Waals surface area contributed by atoms with Crippen molar-refractivity contribution in [3.05, 3.63) is 35.9 Å². The van der Waals surface area contributed by atoms with Gasteiger partial charge in [0.25, 0.3) is 5.91 Å². The lowest BCUT2D eigenvalue weighted by Crippen LogP contribution is -2.42. The summed E-state index contributed by atoms with van der Waals surface area (Å²) >= 11 is 0. The fraction of sp³-hybridized carbons (Fsp3) is 0.364. The van der Waals surface area contributed by atoms with Crippen molar-refractivity contribution in [2.75, 3.05) is 6.54 Å². The number of alkyl halides is 1. The first-order chi connectivity index (χ1) is 6.79. The summed E-state index contributed by atoms with van der Waals surface area (Å²) < 4.78 is 13.5. The molecule has 1 aliphatic heterocycles. The lowest BCUT2D eigenvalue weighted by Gasteiger charge is -2.25. The molecule has 1 fully saturated rings. The molecule has 0 saturated carbocycles. The molecule has 3 heteroatoms. The average molecular weight is 193 g/mol. The van der Waals surface area contributed by atoms with Gasteiger partial charge >= 0.3 is 0 Å². The van der Waals surface area contributed by atoms with Crippen molar-refractivity contribution in [1.82, 2.24) is 5.32 Å². The summed E-state index contributed by atoms with van der Waals surface area (Å²) in [5.74, 6) is -0.755. The van der Waals surface area contributed by atoms with E-state index in [0.717, 1.165) is 5.56 Å². The second-order valence-corrected chi connectivity index (χ2v) is 3.50. The molecule has 2 atom stereocenters. The summed E-state index contributed by atoms with van der Waals surface area (Å²) in [5, 5.41) is 2.52. The SMILES string of the molecule is O=C1NCCC(c2ccccc2)C1F. The maximum absolute atomic E-state index is 13.5. The van der Waals surface area contributed by atoms with Crippen LogP contribution < -0.4 is 5.32 Å². The van der Waals surface area contributed by atoms with Crippen LogP contribution in [0.15, 0.2) is 30.3 Å². The summed E-state index contributed by atoms with van der Waals surface area (Å²) in [4.78, 5) is 11.1. The van der Waals surface area contributed by atoms with E-state index < -0.39 is 12.1 Å². The Morgan fingerprint density at radius 2 is 2.00 bits per heavy atom. The van der Waals surface area contributed by atoms with Crippen LogP contribution in [0.5, 0.6) is 0 Å². The number of hydrogen-bond donors (Lipinski definition) is 1. The van der Waals surface area contributed by atoms with Gasteiger partial charge in [0, 0.05) is 12.5 Å². The van der Waals surface area contributed by atoms with E-state index in [1.165, 1.54) is 0 Å². The van der Waals surface area contributed by atoms with E-state index >= 15 is 0 Å². The van der Waals surface area contributed by atoms with Crippen molar-refractivity contribution in [2.45, 2.75) is 18.5 Å². The maximum Gasteiger partial charge on any atom is 0.255 e. The molecule has 0 aliphatic carbocycles. The fourth-order valence-electron chi connectivity index (χ4n) is 1.81. The van der Waals surface area contributed by atoms with Crippen LogP contribution in [-0.2, 0) is 4.79 Å². The summed E-state index contributed by atoms with van der Waals surface area (Å²) in [6.45, 7) is 0.568. The molecule has 1 heterocycles. The number of carbonyl (C=O) groups is 1. The van der Waals surface area contributed by atoms with Crippen LogP contribution >= 0.6 is 0 Å². The molecule has 1 aromatic carbocycles. The molecule has 1 amide bonds. The van der Waals surface area contributed by atoms with Gasteiger partial charge in [-0.05, 0) is 12.0 Å². The van der Waals surface area contributed by atoms with Gasteiger partial charge in [-0.25, -0.2) is 4.39 Å². The molecule has 0 radical (unpaired) electrons. The molecule has 1 N–H and O–H groups in total. The third kappa shape index (κ3) is 1.62. The quantitative estimate of drug-likeness (QED) is 0.721. The lowest BCUT2D eigenvalue weighted by molar-refractivity contribution is -0.128. The highest BCUT2D eigenvalue weighted by molar-refractivity contribution is 5.82. The largest absolute Gasteiger partial charge is 0.354 e. The number of hydrogen-bond acceptors (Lipinski definition) is 1. The number of amides is 1. The fourth-order valence-corrected chi connectivity index (χ4v) is 1.81. The standard InChI is InChI=1S/C11H12FNO/c12-10-9(6-7-13-11(10)14)8-4-2-1-3-5-8/h1-5,9-10H,6-7H2,(H,13,14). The molecule has 2 unspecified atom stereocenters. The molecule has 0 spiro atoms. The molecule has 74 valence electrons. The number of benzene rings is 1. The molecule has 1 aromatic rings. The predicted octanol–water partition coefficient (Wildman–Crippen LogP) is 1.63. The topological polar surface area (TPSA) is 29.1 Å². The lowest BCUT2D eigenvalue weighted by atomic mass is 9.88. The predicted molar refractivity (Wildman–Crippen MR) is 51.7 cm³/mol. The Kier molecular flexibility index (Phi) is 2.48. The average Bonchev–Trinajstić information content (AvgIpc) is 2.23. The third-order valence-corrected chi connectivity index (χ3v) is 2.59. The highest BCUT2D eigenvalue weighted by Gasteiger charge is 2.32. The van der Waals surface area contributed by atoms with Crippen molar-refractivity contribution < 1.29 is 9.18 Å². The molecule has 2 nitrogen and oxygen atoms in total. The van der Waals surface area contributed by atoms with E-state index in [0.29, 0.717) is 13.0 Å². The minimum atomic E-state index is -1.40. The van der Waals surface area contributed by atoms with Gasteiger partial charge in [0.1, 0.15) is 0 Å². The van der Waals surface area contributed by atoms with Gasteiger partial charge in [-0.3, -0.25) is 4.79 Å². The van der Waals surface area contributed by atoms with Crippen molar-refractivity contribution in [3.63, 3.8) is 0 Å². The first-order valence-electron chi connectivity index (χ1n) is 4.76. The van der Waals surface area contributed by atoms with Gasteiger partial charge in [-0.1, -0.05) is 30.3 Å². The Morgan fingerprint density at radius 3 is 2.71 bits per heavy atom. The first kappa shape index (κ1) is 9.19. The monoisotopic (exact) mass is 193 g/mol. The van der Waals surface area contributed by atoms with Crippen molar-refractivity contribution in [3.8, 4) is 0 Å². The van der Waals surface area contributed by atoms with Crippen LogP contribution in [0.25, 0.3) is 0 Å². The van der Waals surface area contributed by atoms with Crippen molar-refractivity contribution in [1.29, 1.82) is 0 Å². The van der Waals surface area contributed by atoms with Crippen LogP contribution in [0, 0.1) is 0 Å². The van der Waals surface area contributed by atoms with Crippen molar-refractivity contribution in [2.24, 2.45) is 0 Å².